The van der Waals surface area contributed by atoms with Crippen LogP contribution >= 0.6 is 0 Å². The molecule has 0 amide bonds. The second-order valence-electron chi connectivity index (χ2n) is 14.6. The molecule has 0 aromatic heterocycles. The van der Waals surface area contributed by atoms with Gasteiger partial charge in [-0.15, -0.1) is 0 Å². The number of esters is 3. The summed E-state index contributed by atoms with van der Waals surface area (Å²) in [4.78, 5) is 37.5. The highest BCUT2D eigenvalue weighted by Gasteiger charge is 2.19. The average Bonchev–Trinajstić information content (AvgIpc) is 3.15. The van der Waals surface area contributed by atoms with Crippen LogP contribution in [0.1, 0.15) is 213 Å². The third-order valence-electron chi connectivity index (χ3n) is 9.31. The van der Waals surface area contributed by atoms with E-state index >= 15 is 0 Å². The molecule has 6 nitrogen and oxygen atoms in total. The minimum absolute atomic E-state index is 0.0991. The number of unbranched alkanes of at least 4 members (excludes halogenated alkanes) is 20. The van der Waals surface area contributed by atoms with E-state index in [2.05, 4.69) is 69.4 Å². The van der Waals surface area contributed by atoms with Crippen LogP contribution < -0.4 is 0 Å². The van der Waals surface area contributed by atoms with E-state index in [0.717, 1.165) is 51.4 Å². The van der Waals surface area contributed by atoms with Crippen LogP contribution in [0.2, 0.25) is 0 Å². The molecule has 0 saturated carbocycles. The van der Waals surface area contributed by atoms with Gasteiger partial charge < -0.3 is 14.2 Å². The molecule has 1 unspecified atom stereocenters. The van der Waals surface area contributed by atoms with Gasteiger partial charge in [-0.05, 0) is 70.6 Å². The minimum Gasteiger partial charge on any atom is -0.462 e. The molecular weight excluding hydrogens is 661 g/mol. The molecule has 6 heteroatoms. The van der Waals surface area contributed by atoms with Gasteiger partial charge in [0.05, 0.1) is 0 Å². The highest BCUT2D eigenvalue weighted by atomic mass is 16.6. The van der Waals surface area contributed by atoms with Crippen LogP contribution in [0.5, 0.6) is 0 Å². The highest BCUT2D eigenvalue weighted by molar-refractivity contribution is 5.71. The molecule has 0 spiro atoms. The standard InChI is InChI=1S/C47H82O6/c1-4-7-10-13-16-19-20-21-22-23-24-25-26-29-31-34-37-40-46(49)52-43-44(53-47(50)41-38-35-32-28-18-15-12-9-6-3)42-51-45(48)39-36-33-30-27-17-14-11-8-5-2/h21-22,24-25,28-29,31-32,44H,4-20,23,26-27,30,33-43H2,1-3H3/b22-21-,25-24-,31-29-,32-28-. The molecule has 0 aromatic rings. The van der Waals surface area contributed by atoms with E-state index in [1.54, 1.807) is 0 Å². The van der Waals surface area contributed by atoms with E-state index in [1.807, 2.05) is 0 Å². The lowest BCUT2D eigenvalue weighted by Gasteiger charge is -2.18. The number of carbonyl (C=O) groups excluding carboxylic acids is 3. The first kappa shape index (κ1) is 50.4. The first-order chi connectivity index (χ1) is 26.0. The number of ether oxygens (including phenoxy) is 3. The third-order valence-corrected chi connectivity index (χ3v) is 9.31. The van der Waals surface area contributed by atoms with Gasteiger partial charge >= 0.3 is 17.9 Å². The predicted octanol–water partition coefficient (Wildman–Crippen LogP) is 14.0. The van der Waals surface area contributed by atoms with Crippen molar-refractivity contribution >= 4 is 17.9 Å². The first-order valence-electron chi connectivity index (χ1n) is 22.1. The summed E-state index contributed by atoms with van der Waals surface area (Å²) in [5, 5.41) is 0. The Morgan fingerprint density at radius 3 is 1.17 bits per heavy atom. The Hall–Kier alpha value is -2.63. The Morgan fingerprint density at radius 2 is 0.698 bits per heavy atom. The fourth-order valence-electron chi connectivity index (χ4n) is 5.93. The smallest absolute Gasteiger partial charge is 0.306 e. The Balaban J connectivity index is 4.41. The van der Waals surface area contributed by atoms with Crippen LogP contribution in [0.15, 0.2) is 48.6 Å². The topological polar surface area (TPSA) is 78.9 Å². The van der Waals surface area contributed by atoms with Gasteiger partial charge in [0.1, 0.15) is 13.2 Å². The summed E-state index contributed by atoms with van der Waals surface area (Å²) in [5.74, 6) is -0.996. The summed E-state index contributed by atoms with van der Waals surface area (Å²) in [5.41, 5.74) is 0. The molecule has 0 heterocycles. The molecule has 0 rings (SSSR count). The summed E-state index contributed by atoms with van der Waals surface area (Å²) in [7, 11) is 0. The predicted molar refractivity (Wildman–Crippen MR) is 224 cm³/mol. The minimum atomic E-state index is -0.801. The van der Waals surface area contributed by atoms with E-state index in [-0.39, 0.29) is 44.0 Å². The molecular formula is C47H82O6. The van der Waals surface area contributed by atoms with Crippen molar-refractivity contribution in [3.8, 4) is 0 Å². The molecule has 1 atom stereocenters. The zero-order valence-corrected chi connectivity index (χ0v) is 34.8. The lowest BCUT2D eigenvalue weighted by molar-refractivity contribution is -0.167. The largest absolute Gasteiger partial charge is 0.462 e. The van der Waals surface area contributed by atoms with Crippen molar-refractivity contribution in [2.45, 2.75) is 219 Å². The Bertz CT molecular complexity index is 949. The lowest BCUT2D eigenvalue weighted by atomic mass is 10.1. The van der Waals surface area contributed by atoms with Crippen LogP contribution in [0.4, 0.5) is 0 Å². The van der Waals surface area contributed by atoms with Crippen molar-refractivity contribution in [3.05, 3.63) is 48.6 Å². The summed E-state index contributed by atoms with van der Waals surface area (Å²) >= 11 is 0. The Kier molecular flexibility index (Phi) is 40.0. The summed E-state index contributed by atoms with van der Waals surface area (Å²) in [6.07, 6.45) is 48.3. The van der Waals surface area contributed by atoms with Crippen molar-refractivity contribution in [1.82, 2.24) is 0 Å². The maximum atomic E-state index is 12.6. The monoisotopic (exact) mass is 743 g/mol. The van der Waals surface area contributed by atoms with Gasteiger partial charge in [-0.3, -0.25) is 14.4 Å². The number of carbonyl (C=O) groups is 3. The SMILES string of the molecule is CCCCCC/C=C\CCCC(=O)OC(COC(=O)CCC/C=C\C/C=C\C/C=C\CCCCCCCC)COC(=O)CCCCCCCCCCC. The normalized spacial score (nSPS) is 12.4. The van der Waals surface area contributed by atoms with Gasteiger partial charge in [0.15, 0.2) is 6.10 Å². The van der Waals surface area contributed by atoms with Crippen molar-refractivity contribution in [3.63, 3.8) is 0 Å². The molecule has 0 saturated heterocycles. The van der Waals surface area contributed by atoms with E-state index in [0.29, 0.717) is 19.3 Å². The zero-order valence-electron chi connectivity index (χ0n) is 34.8. The quantitative estimate of drug-likeness (QED) is 0.0270. The van der Waals surface area contributed by atoms with E-state index in [4.69, 9.17) is 14.2 Å². The maximum absolute atomic E-state index is 12.6. The van der Waals surface area contributed by atoms with E-state index in [1.165, 1.54) is 109 Å². The van der Waals surface area contributed by atoms with Crippen molar-refractivity contribution in [1.29, 1.82) is 0 Å². The summed E-state index contributed by atoms with van der Waals surface area (Å²) < 4.78 is 16.6. The van der Waals surface area contributed by atoms with Crippen molar-refractivity contribution in [2.75, 3.05) is 13.2 Å². The summed E-state index contributed by atoms with van der Waals surface area (Å²) in [6.45, 7) is 6.49. The van der Waals surface area contributed by atoms with E-state index < -0.39 is 6.10 Å². The maximum Gasteiger partial charge on any atom is 0.306 e. The van der Waals surface area contributed by atoms with Crippen LogP contribution in [0.3, 0.4) is 0 Å². The fraction of sp³-hybridized carbons (Fsp3) is 0.766. The number of rotatable bonds is 39. The Morgan fingerprint density at radius 1 is 0.377 bits per heavy atom. The lowest BCUT2D eigenvalue weighted by Crippen LogP contribution is -2.30. The van der Waals surface area contributed by atoms with Crippen LogP contribution in [-0.4, -0.2) is 37.2 Å². The van der Waals surface area contributed by atoms with E-state index in [9.17, 15) is 14.4 Å². The number of hydrogen-bond donors (Lipinski definition) is 0. The number of allylic oxidation sites excluding steroid dienone is 8. The van der Waals surface area contributed by atoms with Gasteiger partial charge in [-0.1, -0.05) is 172 Å². The first-order valence-corrected chi connectivity index (χ1v) is 22.1. The van der Waals surface area contributed by atoms with Crippen LogP contribution in [0, 0.1) is 0 Å². The second kappa shape index (κ2) is 42.1. The molecule has 0 aliphatic carbocycles. The highest BCUT2D eigenvalue weighted by Crippen LogP contribution is 2.12. The second-order valence-corrected chi connectivity index (χ2v) is 14.6. The third kappa shape index (κ3) is 40.4. The average molecular weight is 743 g/mol. The Labute approximate surface area is 327 Å². The zero-order chi connectivity index (χ0) is 38.7. The van der Waals surface area contributed by atoms with Gasteiger partial charge in [0, 0.05) is 19.3 Å². The molecule has 0 N–H and O–H groups in total. The molecule has 306 valence electrons. The summed E-state index contributed by atoms with van der Waals surface area (Å²) in [6, 6.07) is 0. The van der Waals surface area contributed by atoms with Crippen molar-refractivity contribution < 1.29 is 28.6 Å². The van der Waals surface area contributed by atoms with Gasteiger partial charge in [-0.25, -0.2) is 0 Å². The van der Waals surface area contributed by atoms with Crippen LogP contribution in [0.25, 0.3) is 0 Å². The van der Waals surface area contributed by atoms with Crippen molar-refractivity contribution in [2.24, 2.45) is 0 Å². The fourth-order valence-corrected chi connectivity index (χ4v) is 5.93. The van der Waals surface area contributed by atoms with Gasteiger partial charge in [0.2, 0.25) is 0 Å². The molecule has 0 aliphatic heterocycles. The van der Waals surface area contributed by atoms with Gasteiger partial charge in [0.25, 0.3) is 0 Å². The van der Waals surface area contributed by atoms with Crippen LogP contribution in [-0.2, 0) is 28.6 Å². The molecule has 0 fully saturated rings. The molecule has 0 aliphatic rings. The molecule has 0 bridgehead atoms. The molecule has 53 heavy (non-hydrogen) atoms. The molecule has 0 radical (unpaired) electrons. The molecule has 0 aromatic carbocycles. The number of hydrogen-bond acceptors (Lipinski definition) is 6. The van der Waals surface area contributed by atoms with Gasteiger partial charge in [-0.2, -0.15) is 0 Å².